The number of nitrogens with one attached hydrogen (secondary N) is 1. The van der Waals surface area contributed by atoms with Gasteiger partial charge in [-0.25, -0.2) is 4.79 Å². The number of para-hydroxylation sites is 1. The van der Waals surface area contributed by atoms with E-state index in [1.54, 1.807) is 12.1 Å². The van der Waals surface area contributed by atoms with Crippen LogP contribution in [0.3, 0.4) is 0 Å². The van der Waals surface area contributed by atoms with Crippen molar-refractivity contribution < 1.29 is 28.6 Å². The highest BCUT2D eigenvalue weighted by Crippen LogP contribution is 2.36. The minimum atomic E-state index is -0.781. The Bertz CT molecular complexity index is 884. The number of methoxy groups -OCH3 is 2. The van der Waals surface area contributed by atoms with E-state index in [1.165, 1.54) is 38.5 Å². The van der Waals surface area contributed by atoms with Gasteiger partial charge in [0.1, 0.15) is 0 Å². The van der Waals surface area contributed by atoms with E-state index in [2.05, 4.69) is 5.32 Å². The van der Waals surface area contributed by atoms with Crippen LogP contribution in [0.25, 0.3) is 0 Å². The van der Waals surface area contributed by atoms with E-state index in [0.29, 0.717) is 0 Å². The van der Waals surface area contributed by atoms with E-state index in [0.717, 1.165) is 0 Å². The summed E-state index contributed by atoms with van der Waals surface area (Å²) < 4.78 is 15.2. The van der Waals surface area contributed by atoms with Crippen LogP contribution in [0.1, 0.15) is 20.7 Å². The van der Waals surface area contributed by atoms with Crippen molar-refractivity contribution in [2.45, 2.75) is 0 Å². The number of amides is 2. The molecule has 0 aliphatic heterocycles. The molecule has 0 spiro atoms. The summed E-state index contributed by atoms with van der Waals surface area (Å²) in [4.78, 5) is 35.5. The monoisotopic (exact) mass is 392 g/mol. The molecule has 0 saturated heterocycles. The maximum atomic E-state index is 12.2. The quantitative estimate of drug-likeness (QED) is 0.698. The maximum absolute atomic E-state index is 12.2. The van der Waals surface area contributed by atoms with Crippen LogP contribution in [0, 0.1) is 0 Å². The second-order valence-corrected chi connectivity index (χ2v) is 5.63. The van der Waals surface area contributed by atoms with Gasteiger partial charge < -0.3 is 25.3 Å². The lowest BCUT2D eigenvalue weighted by atomic mass is 10.1. The predicted molar refractivity (Wildman–Crippen MR) is 98.4 cm³/mol. The average molecular weight is 393 g/mol. The molecule has 8 nitrogen and oxygen atoms in total. The Balaban J connectivity index is 2.05. The number of primary amides is 1. The standard InChI is InChI=1S/C18H17ClN2O6/c1-25-14-8-10(7-12(19)16(14)26-2)18(24)27-9-15(22)21-13-6-4-3-5-11(13)17(20)23/h3-8H,9H2,1-2H3,(H2,20,23)(H,21,22). The topological polar surface area (TPSA) is 117 Å². The van der Waals surface area contributed by atoms with E-state index < -0.39 is 24.4 Å². The molecule has 9 heteroatoms. The molecule has 142 valence electrons. The van der Waals surface area contributed by atoms with Crippen LogP contribution in [0.5, 0.6) is 11.5 Å². The van der Waals surface area contributed by atoms with Gasteiger partial charge in [0.2, 0.25) is 0 Å². The van der Waals surface area contributed by atoms with Crippen molar-refractivity contribution in [1.29, 1.82) is 0 Å². The fourth-order valence-electron chi connectivity index (χ4n) is 2.24. The summed E-state index contributed by atoms with van der Waals surface area (Å²) in [5.41, 5.74) is 5.69. The number of benzene rings is 2. The highest BCUT2D eigenvalue weighted by Gasteiger charge is 2.18. The number of esters is 1. The Morgan fingerprint density at radius 3 is 2.44 bits per heavy atom. The van der Waals surface area contributed by atoms with Gasteiger partial charge in [0.25, 0.3) is 11.8 Å². The van der Waals surface area contributed by atoms with Crippen molar-refractivity contribution >= 4 is 35.1 Å². The van der Waals surface area contributed by atoms with Gasteiger partial charge >= 0.3 is 5.97 Å². The summed E-state index contributed by atoms with van der Waals surface area (Å²) in [6, 6.07) is 8.93. The number of hydrogen-bond acceptors (Lipinski definition) is 6. The Morgan fingerprint density at radius 2 is 1.81 bits per heavy atom. The van der Waals surface area contributed by atoms with Crippen LogP contribution in [0.2, 0.25) is 5.02 Å². The second kappa shape index (κ2) is 8.91. The summed E-state index contributed by atoms with van der Waals surface area (Å²) in [5, 5.41) is 2.62. The van der Waals surface area contributed by atoms with E-state index >= 15 is 0 Å². The SMILES string of the molecule is COc1cc(C(=O)OCC(=O)Nc2ccccc2C(N)=O)cc(Cl)c1OC. The number of ether oxygens (including phenoxy) is 3. The van der Waals surface area contributed by atoms with Gasteiger partial charge in [-0.2, -0.15) is 0 Å². The lowest BCUT2D eigenvalue weighted by molar-refractivity contribution is -0.119. The Labute approximate surface area is 160 Å². The number of hydrogen-bond donors (Lipinski definition) is 2. The smallest absolute Gasteiger partial charge is 0.338 e. The van der Waals surface area contributed by atoms with E-state index in [4.69, 9.17) is 31.5 Å². The molecule has 0 unspecified atom stereocenters. The van der Waals surface area contributed by atoms with E-state index in [-0.39, 0.29) is 33.3 Å². The maximum Gasteiger partial charge on any atom is 0.338 e. The van der Waals surface area contributed by atoms with E-state index in [1.807, 2.05) is 0 Å². The zero-order valence-corrected chi connectivity index (χ0v) is 15.3. The fraction of sp³-hybridized carbons (Fsp3) is 0.167. The molecule has 2 aromatic carbocycles. The van der Waals surface area contributed by atoms with Crippen molar-refractivity contribution in [2.24, 2.45) is 5.73 Å². The Kier molecular flexibility index (Phi) is 6.62. The zero-order chi connectivity index (χ0) is 20.0. The van der Waals surface area contributed by atoms with Crippen molar-refractivity contribution in [3.63, 3.8) is 0 Å². The van der Waals surface area contributed by atoms with Crippen molar-refractivity contribution in [1.82, 2.24) is 0 Å². The number of nitrogens with two attached hydrogens (primary N) is 1. The van der Waals surface area contributed by atoms with Gasteiger partial charge in [0, 0.05) is 0 Å². The molecule has 0 fully saturated rings. The van der Waals surface area contributed by atoms with Gasteiger partial charge in [-0.15, -0.1) is 0 Å². The molecule has 0 aliphatic rings. The van der Waals surface area contributed by atoms with E-state index in [9.17, 15) is 14.4 Å². The lowest BCUT2D eigenvalue weighted by Gasteiger charge is -2.12. The van der Waals surface area contributed by atoms with Crippen LogP contribution in [0.4, 0.5) is 5.69 Å². The molecule has 2 rings (SSSR count). The number of rotatable bonds is 7. The van der Waals surface area contributed by atoms with Crippen LogP contribution in [-0.2, 0) is 9.53 Å². The van der Waals surface area contributed by atoms with Crippen LogP contribution >= 0.6 is 11.6 Å². The molecule has 27 heavy (non-hydrogen) atoms. The average Bonchev–Trinajstić information content (AvgIpc) is 2.65. The third kappa shape index (κ3) is 4.89. The molecule has 0 aromatic heterocycles. The van der Waals surface area contributed by atoms with Crippen molar-refractivity contribution in [2.75, 3.05) is 26.1 Å². The third-order valence-corrected chi connectivity index (χ3v) is 3.75. The molecule has 0 aliphatic carbocycles. The first-order valence-electron chi connectivity index (χ1n) is 7.64. The molecule has 3 N–H and O–H groups in total. The first-order valence-corrected chi connectivity index (χ1v) is 8.02. The van der Waals surface area contributed by atoms with Gasteiger partial charge in [-0.05, 0) is 24.3 Å². The highest BCUT2D eigenvalue weighted by atomic mass is 35.5. The normalized spacial score (nSPS) is 10.0. The first-order chi connectivity index (χ1) is 12.9. The summed E-state index contributed by atoms with van der Waals surface area (Å²) >= 11 is 6.04. The number of carbonyl (C=O) groups is 3. The minimum absolute atomic E-state index is 0.0861. The van der Waals surface area contributed by atoms with Gasteiger partial charge in [-0.3, -0.25) is 9.59 Å². The van der Waals surface area contributed by atoms with Gasteiger partial charge in [0.15, 0.2) is 18.1 Å². The molecular formula is C18H17ClN2O6. The molecule has 0 radical (unpaired) electrons. The summed E-state index contributed by atoms with van der Waals surface area (Å²) in [7, 11) is 2.81. The minimum Gasteiger partial charge on any atom is -0.493 e. The molecule has 0 heterocycles. The van der Waals surface area contributed by atoms with Crippen LogP contribution in [-0.4, -0.2) is 38.6 Å². The van der Waals surface area contributed by atoms with Crippen molar-refractivity contribution in [3.8, 4) is 11.5 Å². The summed E-state index contributed by atoms with van der Waals surface area (Å²) in [6.45, 7) is -0.572. The number of carbonyl (C=O) groups excluding carboxylic acids is 3. The van der Waals surface area contributed by atoms with Crippen LogP contribution < -0.4 is 20.5 Å². The number of anilines is 1. The first kappa shape index (κ1) is 20.1. The third-order valence-electron chi connectivity index (χ3n) is 3.47. The fourth-order valence-corrected chi connectivity index (χ4v) is 2.53. The molecule has 0 saturated carbocycles. The molecule has 2 amide bonds. The second-order valence-electron chi connectivity index (χ2n) is 5.23. The molecule has 0 atom stereocenters. The van der Waals surface area contributed by atoms with Gasteiger partial charge in [0.05, 0.1) is 36.1 Å². The molecule has 2 aromatic rings. The lowest BCUT2D eigenvalue weighted by Crippen LogP contribution is -2.23. The van der Waals surface area contributed by atoms with Gasteiger partial charge in [-0.1, -0.05) is 23.7 Å². The zero-order valence-electron chi connectivity index (χ0n) is 14.6. The van der Waals surface area contributed by atoms with Crippen LogP contribution in [0.15, 0.2) is 36.4 Å². The Hall–Kier alpha value is -3.26. The Morgan fingerprint density at radius 1 is 1.11 bits per heavy atom. The largest absolute Gasteiger partial charge is 0.493 e. The number of halogens is 1. The van der Waals surface area contributed by atoms with Crippen molar-refractivity contribution in [3.05, 3.63) is 52.5 Å². The highest BCUT2D eigenvalue weighted by molar-refractivity contribution is 6.32. The summed E-state index contributed by atoms with van der Waals surface area (Å²) in [5.74, 6) is -1.59. The summed E-state index contributed by atoms with van der Waals surface area (Å²) in [6.07, 6.45) is 0. The molecule has 0 bridgehead atoms. The predicted octanol–water partition coefficient (Wildman–Crippen LogP) is 2.25. The molecular weight excluding hydrogens is 376 g/mol.